The van der Waals surface area contributed by atoms with Gasteiger partial charge in [0.1, 0.15) is 22.8 Å². The molecule has 212 valence electrons. The van der Waals surface area contributed by atoms with Gasteiger partial charge >= 0.3 is 5.97 Å². The fraction of sp³-hybridized carbons (Fsp3) is 0.517. The second-order valence-corrected chi connectivity index (χ2v) is 14.2. The highest BCUT2D eigenvalue weighted by atomic mass is 32.2. The third-order valence-electron chi connectivity index (χ3n) is 9.93. The minimum atomic E-state index is -1.40. The minimum Gasteiger partial charge on any atom is -0.506 e. The molecule has 4 bridgehead atoms. The van der Waals surface area contributed by atoms with E-state index in [-0.39, 0.29) is 64.1 Å². The van der Waals surface area contributed by atoms with E-state index < -0.39 is 34.4 Å². The molecule has 9 nitrogen and oxygen atoms in total. The third kappa shape index (κ3) is 4.00. The smallest absolute Gasteiger partial charge is 0.339 e. The molecule has 1 amide bonds. The van der Waals surface area contributed by atoms with Crippen molar-refractivity contribution in [3.63, 3.8) is 0 Å². The Morgan fingerprint density at radius 1 is 1.20 bits per heavy atom. The van der Waals surface area contributed by atoms with Gasteiger partial charge in [0.25, 0.3) is 0 Å². The molecule has 3 saturated carbocycles. The van der Waals surface area contributed by atoms with Crippen molar-refractivity contribution in [2.45, 2.75) is 69.3 Å². The highest BCUT2D eigenvalue weighted by Crippen LogP contribution is 2.74. The normalized spacial score (nSPS) is 35.5. The number of carbonyl (C=O) groups is 4. The number of carboxylic acids is 1. The number of anilines is 1. The summed E-state index contributed by atoms with van der Waals surface area (Å²) in [6.07, 6.45) is 2.78. The molecule has 7 atom stereocenters. The molecular weight excluding hydrogens is 554 g/mol. The maximum Gasteiger partial charge on any atom is 0.339 e. The van der Waals surface area contributed by atoms with Gasteiger partial charge in [-0.2, -0.15) is 0 Å². The number of benzene rings is 1. The average Bonchev–Trinajstić information content (AvgIpc) is 3.56. The number of aromatic hydroxyl groups is 2. The summed E-state index contributed by atoms with van der Waals surface area (Å²) in [4.78, 5) is 52.1. The number of aromatic carboxylic acids is 1. The first kappa shape index (κ1) is 27.3. The SMILES string of the molecule is C[C@]12C[C@]34C[C@@H]1C[C@H](O2)[C@H]3[C@](C)(CCC(=O)Nc1c(O)ccc(C(=O)O)c1O)C(=O)C[C@@H]4SC(=O)c1cccs1. The first-order valence-electron chi connectivity index (χ1n) is 13.4. The molecular formula is C29H31NO8S2. The Labute approximate surface area is 239 Å². The standard InChI is InChI=1S/C29H31NO8S2/c1-27(8-7-21(33)30-22-16(31)6-5-15(23(22)34)25(35)36)19(32)11-20(40-26(37)18-4-3-9-39-18)29-12-14-10-17(24(27)29)38-28(14,2)13-29/h3-6,9,14,17,20,24,31,34H,7-8,10-13H2,1-2H3,(H,30,33)(H,35,36)/t14-,17-,20-,24-,27+,28-,29-/m0/s1. The topological polar surface area (TPSA) is 150 Å². The van der Waals surface area contributed by atoms with E-state index in [4.69, 9.17) is 4.74 Å². The Morgan fingerprint density at radius 2 is 1.98 bits per heavy atom. The zero-order valence-corrected chi connectivity index (χ0v) is 23.8. The summed E-state index contributed by atoms with van der Waals surface area (Å²) in [6, 6.07) is 5.80. The van der Waals surface area contributed by atoms with Crippen LogP contribution in [-0.4, -0.2) is 55.0 Å². The van der Waals surface area contributed by atoms with Crippen LogP contribution < -0.4 is 5.32 Å². The molecule has 3 heterocycles. The van der Waals surface area contributed by atoms with E-state index in [9.17, 15) is 34.5 Å². The van der Waals surface area contributed by atoms with Gasteiger partial charge in [-0.05, 0) is 67.5 Å². The number of amides is 1. The third-order valence-corrected chi connectivity index (χ3v) is 12.3. The van der Waals surface area contributed by atoms with E-state index >= 15 is 0 Å². The number of hydrogen-bond donors (Lipinski definition) is 4. The lowest BCUT2D eigenvalue weighted by Gasteiger charge is -2.60. The van der Waals surface area contributed by atoms with E-state index in [1.54, 1.807) is 0 Å². The largest absolute Gasteiger partial charge is 0.506 e. The predicted octanol–water partition coefficient (Wildman–Crippen LogP) is 5.07. The number of phenols is 2. The number of carboxylic acid groups (broad SMARTS) is 1. The predicted molar refractivity (Wildman–Crippen MR) is 149 cm³/mol. The molecule has 40 heavy (non-hydrogen) atoms. The van der Waals surface area contributed by atoms with Crippen molar-refractivity contribution in [3.05, 3.63) is 40.1 Å². The first-order valence-corrected chi connectivity index (χ1v) is 15.2. The van der Waals surface area contributed by atoms with Gasteiger partial charge in [0.15, 0.2) is 5.75 Å². The number of carbonyl (C=O) groups excluding carboxylic acids is 3. The van der Waals surface area contributed by atoms with Crippen LogP contribution in [-0.2, 0) is 14.3 Å². The Hall–Kier alpha value is -2.89. The van der Waals surface area contributed by atoms with Crippen molar-refractivity contribution in [2.24, 2.45) is 22.7 Å². The molecule has 2 aromatic rings. The van der Waals surface area contributed by atoms with E-state index in [1.807, 2.05) is 24.4 Å². The fourth-order valence-electron chi connectivity index (χ4n) is 8.26. The molecule has 5 fully saturated rings. The average molecular weight is 586 g/mol. The summed E-state index contributed by atoms with van der Waals surface area (Å²) in [7, 11) is 0. The van der Waals surface area contributed by atoms with Gasteiger partial charge in [0.2, 0.25) is 11.0 Å². The number of ether oxygens (including phenoxy) is 1. The first-order chi connectivity index (χ1) is 18.9. The molecule has 2 aliphatic heterocycles. The number of phenolic OH excluding ortho intramolecular Hbond substituents is 1. The number of Topliss-reactive ketones (excluding diaryl/α,β-unsaturated/α-hetero) is 1. The number of hydrogen-bond acceptors (Lipinski definition) is 9. The Balaban J connectivity index is 1.25. The van der Waals surface area contributed by atoms with E-state index in [0.29, 0.717) is 10.8 Å². The zero-order chi connectivity index (χ0) is 28.6. The fourth-order valence-corrected chi connectivity index (χ4v) is 10.3. The summed E-state index contributed by atoms with van der Waals surface area (Å²) in [5, 5.41) is 33.8. The van der Waals surface area contributed by atoms with Crippen LogP contribution in [0.3, 0.4) is 0 Å². The molecule has 7 rings (SSSR count). The van der Waals surface area contributed by atoms with Gasteiger partial charge < -0.3 is 25.4 Å². The molecule has 0 radical (unpaired) electrons. The number of rotatable bonds is 7. The van der Waals surface area contributed by atoms with Gasteiger partial charge in [-0.3, -0.25) is 14.4 Å². The molecule has 3 aliphatic carbocycles. The van der Waals surface area contributed by atoms with Gasteiger partial charge in [-0.25, -0.2) is 4.79 Å². The number of thioether (sulfide) groups is 1. The lowest BCUT2D eigenvalue weighted by atomic mass is 9.48. The van der Waals surface area contributed by atoms with Crippen LogP contribution in [0.15, 0.2) is 29.6 Å². The van der Waals surface area contributed by atoms with Crippen LogP contribution in [0.5, 0.6) is 11.5 Å². The zero-order valence-electron chi connectivity index (χ0n) is 22.1. The van der Waals surface area contributed by atoms with Crippen LogP contribution in [0.1, 0.15) is 72.4 Å². The van der Waals surface area contributed by atoms with Crippen LogP contribution in [0, 0.1) is 22.7 Å². The molecule has 11 heteroatoms. The van der Waals surface area contributed by atoms with Crippen LogP contribution in [0.4, 0.5) is 5.69 Å². The summed E-state index contributed by atoms with van der Waals surface area (Å²) in [5.41, 5.74) is -2.22. The van der Waals surface area contributed by atoms with E-state index in [1.165, 1.54) is 23.1 Å². The number of thiophene rings is 1. The van der Waals surface area contributed by atoms with Gasteiger partial charge in [0, 0.05) is 29.4 Å². The maximum absolute atomic E-state index is 13.9. The minimum absolute atomic E-state index is 0.00790. The summed E-state index contributed by atoms with van der Waals surface area (Å²) < 4.78 is 6.58. The van der Waals surface area contributed by atoms with Crippen molar-refractivity contribution in [1.29, 1.82) is 0 Å². The van der Waals surface area contributed by atoms with Crippen molar-refractivity contribution < 1.29 is 39.2 Å². The summed E-state index contributed by atoms with van der Waals surface area (Å²) >= 11 is 2.68. The van der Waals surface area contributed by atoms with Crippen molar-refractivity contribution in [2.75, 3.05) is 5.32 Å². The van der Waals surface area contributed by atoms with Crippen LogP contribution >= 0.6 is 23.1 Å². The molecule has 1 aromatic carbocycles. The summed E-state index contributed by atoms with van der Waals surface area (Å²) in [6.45, 7) is 4.06. The molecule has 0 unspecified atom stereocenters. The molecule has 5 aliphatic rings. The van der Waals surface area contributed by atoms with Crippen molar-refractivity contribution >= 4 is 51.6 Å². The molecule has 4 N–H and O–H groups in total. The molecule has 1 spiro atoms. The Morgan fingerprint density at radius 3 is 2.65 bits per heavy atom. The van der Waals surface area contributed by atoms with Crippen LogP contribution in [0.2, 0.25) is 0 Å². The van der Waals surface area contributed by atoms with Crippen molar-refractivity contribution in [1.82, 2.24) is 0 Å². The molecule has 2 saturated heterocycles. The lowest BCUT2D eigenvalue weighted by molar-refractivity contribution is -0.189. The van der Waals surface area contributed by atoms with Crippen molar-refractivity contribution in [3.8, 4) is 11.5 Å². The lowest BCUT2D eigenvalue weighted by Crippen LogP contribution is -2.63. The maximum atomic E-state index is 13.9. The quantitative estimate of drug-likeness (QED) is 0.327. The Bertz CT molecular complexity index is 1430. The monoisotopic (exact) mass is 585 g/mol. The number of ketones is 1. The second-order valence-electron chi connectivity index (χ2n) is 12.1. The highest BCUT2D eigenvalue weighted by molar-refractivity contribution is 8.15. The molecule has 1 aromatic heterocycles. The number of nitrogens with one attached hydrogen (secondary N) is 1. The van der Waals surface area contributed by atoms with Gasteiger partial charge in [-0.1, -0.05) is 24.8 Å². The van der Waals surface area contributed by atoms with Crippen LogP contribution in [0.25, 0.3) is 0 Å². The van der Waals surface area contributed by atoms with E-state index in [0.717, 1.165) is 31.4 Å². The Kier molecular flexibility index (Phi) is 6.36. The van der Waals surface area contributed by atoms with E-state index in [2.05, 4.69) is 12.2 Å². The second kappa shape index (κ2) is 9.32. The highest BCUT2D eigenvalue weighted by Gasteiger charge is 2.75. The summed E-state index contributed by atoms with van der Waals surface area (Å²) in [5.74, 6) is -2.91. The van der Waals surface area contributed by atoms with Gasteiger partial charge in [0.05, 0.1) is 16.6 Å². The van der Waals surface area contributed by atoms with Gasteiger partial charge in [-0.15, -0.1) is 11.3 Å².